The summed E-state index contributed by atoms with van der Waals surface area (Å²) in [7, 11) is 0. The molecule has 0 radical (unpaired) electrons. The van der Waals surface area contributed by atoms with Gasteiger partial charge in [0.2, 0.25) is 0 Å². The van der Waals surface area contributed by atoms with Gasteiger partial charge in [0.1, 0.15) is 5.75 Å². The van der Waals surface area contributed by atoms with E-state index in [0.717, 1.165) is 31.4 Å². The van der Waals surface area contributed by atoms with Crippen LogP contribution in [0, 0.1) is 19.8 Å². The molecule has 1 fully saturated rings. The Kier molecular flexibility index (Phi) is 5.79. The second-order valence-electron chi connectivity index (χ2n) is 4.70. The van der Waals surface area contributed by atoms with E-state index in [1.54, 1.807) is 0 Å². The standard InChI is InChI=1S/C14H21NO.ClH/c1-11-4-3-5-14(12(11)2)16-10-13-6-8-15-9-7-13;/h3-5,13,15H,6-10H2,1-2H3;1H. The van der Waals surface area contributed by atoms with Crippen molar-refractivity contribution < 1.29 is 4.74 Å². The van der Waals surface area contributed by atoms with Crippen LogP contribution in [0.5, 0.6) is 5.75 Å². The monoisotopic (exact) mass is 255 g/mol. The highest BCUT2D eigenvalue weighted by atomic mass is 35.5. The first-order valence-electron chi connectivity index (χ1n) is 6.17. The quantitative estimate of drug-likeness (QED) is 0.896. The third kappa shape index (κ3) is 3.90. The van der Waals surface area contributed by atoms with Gasteiger partial charge in [-0.2, -0.15) is 0 Å². The molecule has 1 aliphatic rings. The van der Waals surface area contributed by atoms with Crippen molar-refractivity contribution in [2.24, 2.45) is 5.92 Å². The molecular formula is C14H22ClNO. The average Bonchev–Trinajstić information content (AvgIpc) is 2.32. The molecular weight excluding hydrogens is 234 g/mol. The SMILES string of the molecule is Cc1cccc(OCC2CCNCC2)c1C.Cl. The number of ether oxygens (including phenoxy) is 1. The largest absolute Gasteiger partial charge is 0.493 e. The molecule has 0 spiro atoms. The van der Waals surface area contributed by atoms with Crippen LogP contribution in [-0.2, 0) is 0 Å². The van der Waals surface area contributed by atoms with E-state index in [9.17, 15) is 0 Å². The lowest BCUT2D eigenvalue weighted by molar-refractivity contribution is 0.214. The molecule has 0 atom stereocenters. The smallest absolute Gasteiger partial charge is 0.122 e. The molecule has 2 nitrogen and oxygen atoms in total. The van der Waals surface area contributed by atoms with Gasteiger partial charge in [0.05, 0.1) is 6.61 Å². The fourth-order valence-corrected chi connectivity index (χ4v) is 2.14. The van der Waals surface area contributed by atoms with Crippen LogP contribution in [0.15, 0.2) is 18.2 Å². The predicted octanol–water partition coefficient (Wildman–Crippen LogP) is 3.10. The van der Waals surface area contributed by atoms with Gasteiger partial charge in [0.25, 0.3) is 0 Å². The number of aryl methyl sites for hydroxylation is 1. The van der Waals surface area contributed by atoms with Crippen molar-refractivity contribution in [2.45, 2.75) is 26.7 Å². The molecule has 1 aliphatic heterocycles. The van der Waals surface area contributed by atoms with Crippen molar-refractivity contribution in [3.8, 4) is 5.75 Å². The molecule has 96 valence electrons. The third-order valence-corrected chi connectivity index (χ3v) is 3.49. The van der Waals surface area contributed by atoms with Gasteiger partial charge in [0, 0.05) is 0 Å². The van der Waals surface area contributed by atoms with Gasteiger partial charge in [0.15, 0.2) is 0 Å². The van der Waals surface area contributed by atoms with Gasteiger partial charge < -0.3 is 10.1 Å². The Bertz CT molecular complexity index is 348. The highest BCUT2D eigenvalue weighted by Crippen LogP contribution is 2.22. The van der Waals surface area contributed by atoms with E-state index in [2.05, 4.69) is 37.4 Å². The number of halogens is 1. The van der Waals surface area contributed by atoms with Gasteiger partial charge in [-0.15, -0.1) is 12.4 Å². The Morgan fingerprint density at radius 1 is 1.24 bits per heavy atom. The Labute approximate surface area is 110 Å². The van der Waals surface area contributed by atoms with Crippen LogP contribution >= 0.6 is 12.4 Å². The summed E-state index contributed by atoms with van der Waals surface area (Å²) in [6.07, 6.45) is 2.48. The first kappa shape index (κ1) is 14.3. The number of nitrogens with one attached hydrogen (secondary N) is 1. The van der Waals surface area contributed by atoms with E-state index in [1.807, 2.05) is 0 Å². The fourth-order valence-electron chi connectivity index (χ4n) is 2.14. The minimum absolute atomic E-state index is 0. The number of rotatable bonds is 3. The maximum Gasteiger partial charge on any atom is 0.122 e. The van der Waals surface area contributed by atoms with Gasteiger partial charge >= 0.3 is 0 Å². The summed E-state index contributed by atoms with van der Waals surface area (Å²) in [6.45, 7) is 7.41. The van der Waals surface area contributed by atoms with Crippen molar-refractivity contribution in [1.29, 1.82) is 0 Å². The first-order chi connectivity index (χ1) is 7.77. The lowest BCUT2D eigenvalue weighted by Crippen LogP contribution is -2.30. The molecule has 1 heterocycles. The lowest BCUT2D eigenvalue weighted by atomic mass is 9.99. The van der Waals surface area contributed by atoms with Crippen LogP contribution in [0.25, 0.3) is 0 Å². The summed E-state index contributed by atoms with van der Waals surface area (Å²) in [5.41, 5.74) is 2.58. The third-order valence-electron chi connectivity index (χ3n) is 3.49. The maximum atomic E-state index is 5.93. The van der Waals surface area contributed by atoms with Gasteiger partial charge in [-0.3, -0.25) is 0 Å². The molecule has 0 aromatic heterocycles. The van der Waals surface area contributed by atoms with Gasteiger partial charge in [-0.1, -0.05) is 12.1 Å². The Balaban J connectivity index is 0.00000144. The summed E-state index contributed by atoms with van der Waals surface area (Å²) >= 11 is 0. The zero-order chi connectivity index (χ0) is 11.4. The molecule has 0 unspecified atom stereocenters. The van der Waals surface area contributed by atoms with Crippen LogP contribution in [0.3, 0.4) is 0 Å². The average molecular weight is 256 g/mol. The number of hydrogen-bond acceptors (Lipinski definition) is 2. The Hall–Kier alpha value is -0.730. The summed E-state index contributed by atoms with van der Waals surface area (Å²) in [5.74, 6) is 1.78. The lowest BCUT2D eigenvalue weighted by Gasteiger charge is -2.23. The van der Waals surface area contributed by atoms with E-state index in [4.69, 9.17) is 4.74 Å². The second-order valence-corrected chi connectivity index (χ2v) is 4.70. The van der Waals surface area contributed by atoms with Gasteiger partial charge in [-0.25, -0.2) is 0 Å². The number of hydrogen-bond donors (Lipinski definition) is 1. The molecule has 0 bridgehead atoms. The predicted molar refractivity (Wildman–Crippen MR) is 74.3 cm³/mol. The number of benzene rings is 1. The minimum atomic E-state index is 0. The summed E-state index contributed by atoms with van der Waals surface area (Å²) in [4.78, 5) is 0. The van der Waals surface area contributed by atoms with E-state index in [-0.39, 0.29) is 12.4 Å². The molecule has 1 aromatic carbocycles. The normalized spacial score (nSPS) is 16.4. The Morgan fingerprint density at radius 3 is 2.65 bits per heavy atom. The zero-order valence-electron chi connectivity index (χ0n) is 10.7. The van der Waals surface area contributed by atoms with Crippen LogP contribution < -0.4 is 10.1 Å². The minimum Gasteiger partial charge on any atom is -0.493 e. The van der Waals surface area contributed by atoms with Crippen LogP contribution in [0.2, 0.25) is 0 Å². The van der Waals surface area contributed by atoms with Crippen LogP contribution in [0.4, 0.5) is 0 Å². The van der Waals surface area contributed by atoms with E-state index in [0.29, 0.717) is 0 Å². The fraction of sp³-hybridized carbons (Fsp3) is 0.571. The topological polar surface area (TPSA) is 21.3 Å². The van der Waals surface area contributed by atoms with Crippen molar-refractivity contribution in [3.05, 3.63) is 29.3 Å². The summed E-state index contributed by atoms with van der Waals surface area (Å²) < 4.78 is 5.93. The van der Waals surface area contributed by atoms with Crippen molar-refractivity contribution in [1.82, 2.24) is 5.32 Å². The van der Waals surface area contributed by atoms with E-state index >= 15 is 0 Å². The van der Waals surface area contributed by atoms with Crippen molar-refractivity contribution >= 4 is 12.4 Å². The molecule has 0 saturated carbocycles. The highest BCUT2D eigenvalue weighted by Gasteiger charge is 2.14. The summed E-state index contributed by atoms with van der Waals surface area (Å²) in [5, 5.41) is 3.38. The molecule has 17 heavy (non-hydrogen) atoms. The number of piperidine rings is 1. The molecule has 2 rings (SSSR count). The molecule has 1 saturated heterocycles. The molecule has 1 N–H and O–H groups in total. The van der Waals surface area contributed by atoms with E-state index in [1.165, 1.54) is 24.0 Å². The van der Waals surface area contributed by atoms with Crippen molar-refractivity contribution in [3.63, 3.8) is 0 Å². The molecule has 0 amide bonds. The van der Waals surface area contributed by atoms with Crippen molar-refractivity contribution in [2.75, 3.05) is 19.7 Å². The zero-order valence-corrected chi connectivity index (χ0v) is 11.5. The first-order valence-corrected chi connectivity index (χ1v) is 6.17. The molecule has 0 aliphatic carbocycles. The Morgan fingerprint density at radius 2 is 1.94 bits per heavy atom. The molecule has 1 aromatic rings. The molecule has 3 heteroatoms. The van der Waals surface area contributed by atoms with E-state index < -0.39 is 0 Å². The maximum absolute atomic E-state index is 5.93. The van der Waals surface area contributed by atoms with Crippen LogP contribution in [0.1, 0.15) is 24.0 Å². The summed E-state index contributed by atoms with van der Waals surface area (Å²) in [6, 6.07) is 6.27. The second kappa shape index (κ2) is 6.87. The van der Waals surface area contributed by atoms with Gasteiger partial charge in [-0.05, 0) is 62.9 Å². The van der Waals surface area contributed by atoms with Crippen LogP contribution in [-0.4, -0.2) is 19.7 Å². The highest BCUT2D eigenvalue weighted by molar-refractivity contribution is 5.85.